The zero-order valence-electron chi connectivity index (χ0n) is 16.3. The SMILES string of the molecule is COc1cccc(CC(=O)N2CC3(C[C@@H](OCC4CCCC4)CCO3)C2)c1. The smallest absolute Gasteiger partial charge is 0.227 e. The van der Waals surface area contributed by atoms with Crippen molar-refractivity contribution in [1.82, 2.24) is 4.90 Å². The molecule has 27 heavy (non-hydrogen) atoms. The van der Waals surface area contributed by atoms with Crippen LogP contribution in [0.3, 0.4) is 0 Å². The number of hydrogen-bond acceptors (Lipinski definition) is 4. The molecule has 1 amide bonds. The van der Waals surface area contributed by atoms with Crippen molar-refractivity contribution >= 4 is 5.91 Å². The first-order chi connectivity index (χ1) is 13.2. The van der Waals surface area contributed by atoms with Crippen LogP contribution in [-0.4, -0.2) is 55.9 Å². The van der Waals surface area contributed by atoms with Crippen LogP contribution in [0.5, 0.6) is 5.75 Å². The number of amides is 1. The molecule has 148 valence electrons. The van der Waals surface area contributed by atoms with Crippen LogP contribution in [-0.2, 0) is 20.7 Å². The van der Waals surface area contributed by atoms with Gasteiger partial charge in [-0.2, -0.15) is 0 Å². The predicted molar refractivity (Wildman–Crippen MR) is 103 cm³/mol. The summed E-state index contributed by atoms with van der Waals surface area (Å²) >= 11 is 0. The number of likely N-dealkylation sites (tertiary alicyclic amines) is 1. The van der Waals surface area contributed by atoms with E-state index in [1.165, 1.54) is 25.7 Å². The number of hydrogen-bond donors (Lipinski definition) is 0. The number of rotatable bonds is 6. The molecule has 5 nitrogen and oxygen atoms in total. The van der Waals surface area contributed by atoms with Gasteiger partial charge >= 0.3 is 0 Å². The predicted octanol–water partition coefficient (Wildman–Crippen LogP) is 3.20. The second kappa shape index (κ2) is 8.19. The van der Waals surface area contributed by atoms with E-state index >= 15 is 0 Å². The summed E-state index contributed by atoms with van der Waals surface area (Å²) in [6.45, 7) is 3.03. The molecular weight excluding hydrogens is 342 g/mol. The topological polar surface area (TPSA) is 48.0 Å². The standard InChI is InChI=1S/C22H31NO4/c1-25-19-8-4-7-18(11-19)12-21(24)23-15-22(16-23)13-20(9-10-27-22)26-14-17-5-2-3-6-17/h4,7-8,11,17,20H,2-3,5-6,9-10,12-16H2,1H3/t20-/m0/s1. The van der Waals surface area contributed by atoms with Crippen LogP contribution in [0.25, 0.3) is 0 Å². The summed E-state index contributed by atoms with van der Waals surface area (Å²) in [6.07, 6.45) is 7.95. The lowest BCUT2D eigenvalue weighted by Crippen LogP contribution is -2.67. The van der Waals surface area contributed by atoms with Gasteiger partial charge in [-0.15, -0.1) is 0 Å². The molecule has 0 N–H and O–H groups in total. The van der Waals surface area contributed by atoms with E-state index in [-0.39, 0.29) is 17.6 Å². The number of nitrogens with zero attached hydrogens (tertiary/aromatic N) is 1. The van der Waals surface area contributed by atoms with Crippen LogP contribution in [0.2, 0.25) is 0 Å². The molecule has 1 aliphatic carbocycles. The molecule has 1 aromatic rings. The Morgan fingerprint density at radius 1 is 1.26 bits per heavy atom. The molecule has 3 aliphatic rings. The van der Waals surface area contributed by atoms with Crippen molar-refractivity contribution in [3.8, 4) is 5.75 Å². The number of carbonyl (C=O) groups excluding carboxylic acids is 1. The maximum absolute atomic E-state index is 12.6. The third-order valence-corrected chi connectivity index (χ3v) is 6.29. The molecule has 0 bridgehead atoms. The fraction of sp³-hybridized carbons (Fsp3) is 0.682. The Morgan fingerprint density at radius 3 is 2.85 bits per heavy atom. The molecule has 0 radical (unpaired) electrons. The largest absolute Gasteiger partial charge is 0.497 e. The first-order valence-corrected chi connectivity index (χ1v) is 10.3. The van der Waals surface area contributed by atoms with Gasteiger partial charge in [-0.1, -0.05) is 25.0 Å². The molecule has 5 heteroatoms. The summed E-state index contributed by atoms with van der Waals surface area (Å²) < 4.78 is 17.5. The highest BCUT2D eigenvalue weighted by molar-refractivity contribution is 5.80. The molecule has 3 fully saturated rings. The highest BCUT2D eigenvalue weighted by Crippen LogP contribution is 2.36. The summed E-state index contributed by atoms with van der Waals surface area (Å²) in [7, 11) is 1.64. The highest BCUT2D eigenvalue weighted by Gasteiger charge is 2.49. The van der Waals surface area contributed by atoms with Crippen molar-refractivity contribution in [1.29, 1.82) is 0 Å². The van der Waals surface area contributed by atoms with Crippen molar-refractivity contribution in [2.45, 2.75) is 56.7 Å². The number of carbonyl (C=O) groups is 1. The van der Waals surface area contributed by atoms with Gasteiger partial charge in [-0.3, -0.25) is 4.79 Å². The van der Waals surface area contributed by atoms with Gasteiger partial charge in [0.15, 0.2) is 0 Å². The minimum atomic E-state index is -0.178. The number of ether oxygens (including phenoxy) is 3. The molecule has 1 spiro atoms. The third kappa shape index (κ3) is 4.46. The minimum absolute atomic E-state index is 0.159. The Labute approximate surface area is 162 Å². The lowest BCUT2D eigenvalue weighted by atomic mass is 9.84. The second-order valence-corrected chi connectivity index (χ2v) is 8.41. The molecule has 1 aromatic carbocycles. The maximum atomic E-state index is 12.6. The highest BCUT2D eigenvalue weighted by atomic mass is 16.5. The molecule has 2 aliphatic heterocycles. The molecule has 0 unspecified atom stereocenters. The van der Waals surface area contributed by atoms with Crippen LogP contribution < -0.4 is 4.74 Å². The van der Waals surface area contributed by atoms with Gasteiger partial charge in [0.25, 0.3) is 0 Å². The Balaban J connectivity index is 1.25. The van der Waals surface area contributed by atoms with E-state index < -0.39 is 0 Å². The Morgan fingerprint density at radius 2 is 2.07 bits per heavy atom. The molecule has 0 aromatic heterocycles. The van der Waals surface area contributed by atoms with Crippen LogP contribution in [0, 0.1) is 5.92 Å². The van der Waals surface area contributed by atoms with Gasteiger partial charge in [0, 0.05) is 19.6 Å². The fourth-order valence-corrected chi connectivity index (χ4v) is 4.69. The van der Waals surface area contributed by atoms with E-state index in [9.17, 15) is 4.79 Å². The third-order valence-electron chi connectivity index (χ3n) is 6.29. The molecule has 2 saturated heterocycles. The van der Waals surface area contributed by atoms with Gasteiger partial charge in [0.2, 0.25) is 5.91 Å². The van der Waals surface area contributed by atoms with Gasteiger partial charge in [-0.05, 0) is 42.9 Å². The minimum Gasteiger partial charge on any atom is -0.497 e. The zero-order chi connectivity index (χ0) is 18.7. The average Bonchev–Trinajstić information content (AvgIpc) is 3.18. The van der Waals surface area contributed by atoms with E-state index in [2.05, 4.69) is 0 Å². The van der Waals surface area contributed by atoms with Gasteiger partial charge in [0.05, 0.1) is 32.7 Å². The van der Waals surface area contributed by atoms with Crippen molar-refractivity contribution < 1.29 is 19.0 Å². The molecule has 4 rings (SSSR count). The van der Waals surface area contributed by atoms with Crippen molar-refractivity contribution in [3.05, 3.63) is 29.8 Å². The van der Waals surface area contributed by atoms with E-state index in [1.54, 1.807) is 7.11 Å². The Kier molecular flexibility index (Phi) is 5.69. The fourth-order valence-electron chi connectivity index (χ4n) is 4.69. The summed E-state index contributed by atoms with van der Waals surface area (Å²) in [4.78, 5) is 14.5. The molecule has 1 atom stereocenters. The number of benzene rings is 1. The molecule has 1 saturated carbocycles. The Hall–Kier alpha value is -1.59. The monoisotopic (exact) mass is 373 g/mol. The average molecular weight is 373 g/mol. The van der Waals surface area contributed by atoms with Crippen molar-refractivity contribution in [3.63, 3.8) is 0 Å². The number of methoxy groups -OCH3 is 1. The Bertz CT molecular complexity index is 649. The molecule has 2 heterocycles. The van der Waals surface area contributed by atoms with Crippen LogP contribution in [0.4, 0.5) is 0 Å². The van der Waals surface area contributed by atoms with Gasteiger partial charge in [0.1, 0.15) is 11.4 Å². The summed E-state index contributed by atoms with van der Waals surface area (Å²) in [5, 5.41) is 0. The van der Waals surface area contributed by atoms with Gasteiger partial charge < -0.3 is 19.1 Å². The zero-order valence-corrected chi connectivity index (χ0v) is 16.3. The van der Waals surface area contributed by atoms with Crippen LogP contribution >= 0.6 is 0 Å². The van der Waals surface area contributed by atoms with Crippen LogP contribution in [0.1, 0.15) is 44.1 Å². The second-order valence-electron chi connectivity index (χ2n) is 8.41. The summed E-state index contributed by atoms with van der Waals surface area (Å²) in [5.74, 6) is 1.70. The first kappa shape index (κ1) is 18.8. The normalized spacial score (nSPS) is 24.8. The van der Waals surface area contributed by atoms with E-state index in [1.807, 2.05) is 29.2 Å². The first-order valence-electron chi connectivity index (χ1n) is 10.3. The molecular formula is C22H31NO4. The van der Waals surface area contributed by atoms with Crippen molar-refractivity contribution in [2.75, 3.05) is 33.4 Å². The van der Waals surface area contributed by atoms with Gasteiger partial charge in [-0.25, -0.2) is 0 Å². The van der Waals surface area contributed by atoms with Crippen molar-refractivity contribution in [2.24, 2.45) is 5.92 Å². The quantitative estimate of drug-likeness (QED) is 0.768. The van der Waals surface area contributed by atoms with E-state index in [0.717, 1.165) is 43.3 Å². The lowest BCUT2D eigenvalue weighted by Gasteiger charge is -2.53. The maximum Gasteiger partial charge on any atom is 0.227 e. The van der Waals surface area contributed by atoms with Crippen LogP contribution in [0.15, 0.2) is 24.3 Å². The van der Waals surface area contributed by atoms with E-state index in [0.29, 0.717) is 19.5 Å². The summed E-state index contributed by atoms with van der Waals surface area (Å²) in [5.41, 5.74) is 0.811. The summed E-state index contributed by atoms with van der Waals surface area (Å²) in [6, 6.07) is 7.72. The lowest BCUT2D eigenvalue weighted by molar-refractivity contribution is -0.202. The van der Waals surface area contributed by atoms with E-state index in [4.69, 9.17) is 14.2 Å².